The van der Waals surface area contributed by atoms with Crippen LogP contribution >= 0.6 is 0 Å². The lowest BCUT2D eigenvalue weighted by atomic mass is 10.1. The van der Waals surface area contributed by atoms with Crippen molar-refractivity contribution >= 4 is 27.9 Å². The van der Waals surface area contributed by atoms with E-state index in [1.54, 1.807) is 10.7 Å². The lowest BCUT2D eigenvalue weighted by Gasteiger charge is -2.06. The molecule has 0 saturated heterocycles. The number of fused-ring (bicyclic) bond motifs is 2. The maximum atomic E-state index is 9.70. The van der Waals surface area contributed by atoms with E-state index in [1.807, 2.05) is 48.5 Å². The van der Waals surface area contributed by atoms with Crippen molar-refractivity contribution in [1.82, 2.24) is 14.6 Å². The molecule has 0 fully saturated rings. The summed E-state index contributed by atoms with van der Waals surface area (Å²) in [6, 6.07) is 28.3. The summed E-state index contributed by atoms with van der Waals surface area (Å²) in [4.78, 5) is 4.40. The second-order valence-corrected chi connectivity index (χ2v) is 6.45. The third kappa shape index (κ3) is 2.65. The summed E-state index contributed by atoms with van der Waals surface area (Å²) >= 11 is 0. The Hall–Kier alpha value is -4.17. The molecule has 5 rings (SSSR count). The number of rotatable bonds is 3. The Morgan fingerprint density at radius 1 is 0.857 bits per heavy atom. The van der Waals surface area contributed by atoms with Crippen LogP contribution in [-0.4, -0.2) is 14.6 Å². The molecule has 0 radical (unpaired) electrons. The van der Waals surface area contributed by atoms with Crippen molar-refractivity contribution in [2.45, 2.75) is 0 Å². The first-order valence-electron chi connectivity index (χ1n) is 8.92. The molecule has 2 heterocycles. The highest BCUT2D eigenvalue weighted by molar-refractivity contribution is 5.87. The molecular weight excluding hydrogens is 346 g/mol. The smallest absolute Gasteiger partial charge is 0.175 e. The zero-order chi connectivity index (χ0) is 18.9. The summed E-state index contributed by atoms with van der Waals surface area (Å²) in [5, 5.41) is 19.9. The molecule has 0 spiro atoms. The summed E-state index contributed by atoms with van der Waals surface area (Å²) in [5.74, 6) is 0.495. The lowest BCUT2D eigenvalue weighted by Crippen LogP contribution is -1.96. The topological polar surface area (TPSA) is 66.0 Å². The molecule has 0 bridgehead atoms. The molecule has 3 aromatic carbocycles. The molecule has 0 saturated carbocycles. The minimum Gasteiger partial charge on any atom is -0.338 e. The van der Waals surface area contributed by atoms with E-state index < -0.39 is 0 Å². The van der Waals surface area contributed by atoms with Gasteiger partial charge in [0.25, 0.3) is 0 Å². The van der Waals surface area contributed by atoms with Crippen LogP contribution < -0.4 is 5.32 Å². The van der Waals surface area contributed by atoms with E-state index in [9.17, 15) is 5.26 Å². The number of hydrogen-bond donors (Lipinski definition) is 1. The Bertz CT molecular complexity index is 1350. The van der Waals surface area contributed by atoms with Crippen molar-refractivity contribution in [3.05, 3.63) is 90.6 Å². The van der Waals surface area contributed by atoms with E-state index in [-0.39, 0.29) is 0 Å². The van der Waals surface area contributed by atoms with Crippen LogP contribution in [0.4, 0.5) is 11.5 Å². The predicted octanol–water partition coefficient (Wildman–Crippen LogP) is 5.16. The van der Waals surface area contributed by atoms with Crippen molar-refractivity contribution in [2.75, 3.05) is 5.32 Å². The second kappa shape index (κ2) is 6.53. The Balaban J connectivity index is 1.68. The molecule has 5 aromatic rings. The first-order valence-corrected chi connectivity index (χ1v) is 8.92. The lowest BCUT2D eigenvalue weighted by molar-refractivity contribution is 0.952. The number of nitrogens with zero attached hydrogens (tertiary/aromatic N) is 4. The van der Waals surface area contributed by atoms with Crippen LogP contribution in [0.5, 0.6) is 0 Å². The summed E-state index contributed by atoms with van der Waals surface area (Å²) in [6.45, 7) is 0. The number of anilines is 2. The van der Waals surface area contributed by atoms with Crippen LogP contribution in [0.2, 0.25) is 0 Å². The number of nitrogens with one attached hydrogen (secondary N) is 1. The Morgan fingerprint density at radius 2 is 1.64 bits per heavy atom. The molecule has 5 nitrogen and oxygen atoms in total. The minimum absolute atomic E-state index is 0.423. The molecule has 1 N–H and O–H groups in total. The number of hydrogen-bond acceptors (Lipinski definition) is 4. The molecule has 0 atom stereocenters. The normalized spacial score (nSPS) is 10.8. The van der Waals surface area contributed by atoms with Gasteiger partial charge in [-0.05, 0) is 35.0 Å². The van der Waals surface area contributed by atoms with Crippen LogP contribution in [0.1, 0.15) is 5.56 Å². The van der Waals surface area contributed by atoms with Gasteiger partial charge in [0, 0.05) is 17.4 Å². The fraction of sp³-hybridized carbons (Fsp3) is 0. The number of aromatic nitrogens is 3. The van der Waals surface area contributed by atoms with Gasteiger partial charge in [0.15, 0.2) is 11.5 Å². The van der Waals surface area contributed by atoms with Gasteiger partial charge in [-0.2, -0.15) is 5.26 Å². The third-order valence-electron chi connectivity index (χ3n) is 4.71. The largest absolute Gasteiger partial charge is 0.338 e. The average molecular weight is 361 g/mol. The zero-order valence-electron chi connectivity index (χ0n) is 14.9. The monoisotopic (exact) mass is 361 g/mol. The summed E-state index contributed by atoms with van der Waals surface area (Å²) in [5.41, 5.74) is 3.73. The van der Waals surface area contributed by atoms with E-state index in [2.05, 4.69) is 51.8 Å². The van der Waals surface area contributed by atoms with Gasteiger partial charge < -0.3 is 5.32 Å². The van der Waals surface area contributed by atoms with Crippen molar-refractivity contribution in [1.29, 1.82) is 5.26 Å². The average Bonchev–Trinajstić information content (AvgIpc) is 3.11. The molecule has 0 amide bonds. The van der Waals surface area contributed by atoms with Gasteiger partial charge in [-0.3, -0.25) is 0 Å². The standard InChI is InChI=1S/C23H15N5/c24-15-20-22(26-19-8-2-1-3-9-19)27-28-21(12-13-25-23(20)28)18-11-10-16-6-4-5-7-17(16)14-18/h1-14H,(H,26,27). The van der Waals surface area contributed by atoms with E-state index in [0.717, 1.165) is 22.3 Å². The van der Waals surface area contributed by atoms with Gasteiger partial charge in [-0.1, -0.05) is 54.6 Å². The fourth-order valence-electron chi connectivity index (χ4n) is 3.36. The number of para-hydroxylation sites is 1. The van der Waals surface area contributed by atoms with E-state index in [1.165, 1.54) is 5.39 Å². The van der Waals surface area contributed by atoms with E-state index in [4.69, 9.17) is 0 Å². The fourth-order valence-corrected chi connectivity index (χ4v) is 3.36. The first kappa shape index (κ1) is 16.0. The molecule has 0 unspecified atom stereocenters. The minimum atomic E-state index is 0.423. The van der Waals surface area contributed by atoms with Crippen LogP contribution in [0.15, 0.2) is 85.1 Å². The summed E-state index contributed by atoms with van der Waals surface area (Å²) in [6.07, 6.45) is 1.72. The van der Waals surface area contributed by atoms with E-state index in [0.29, 0.717) is 17.0 Å². The van der Waals surface area contributed by atoms with Gasteiger partial charge in [-0.25, -0.2) is 9.50 Å². The van der Waals surface area contributed by atoms with Crippen molar-refractivity contribution in [3.63, 3.8) is 0 Å². The zero-order valence-corrected chi connectivity index (χ0v) is 14.9. The number of nitriles is 1. The summed E-state index contributed by atoms with van der Waals surface area (Å²) in [7, 11) is 0. The molecule has 132 valence electrons. The van der Waals surface area contributed by atoms with Crippen LogP contribution in [-0.2, 0) is 0 Å². The van der Waals surface area contributed by atoms with E-state index >= 15 is 0 Å². The third-order valence-corrected chi connectivity index (χ3v) is 4.71. The Labute approximate surface area is 161 Å². The molecule has 0 aliphatic carbocycles. The van der Waals surface area contributed by atoms with Gasteiger partial charge in [0.1, 0.15) is 11.6 Å². The highest BCUT2D eigenvalue weighted by Gasteiger charge is 2.17. The molecular formula is C23H15N5. The molecule has 0 aliphatic rings. The quantitative estimate of drug-likeness (QED) is 0.482. The molecule has 0 aliphatic heterocycles. The number of benzene rings is 3. The molecule has 2 aromatic heterocycles. The first-order chi connectivity index (χ1) is 13.8. The Kier molecular flexibility index (Phi) is 3.74. The Morgan fingerprint density at radius 3 is 2.46 bits per heavy atom. The van der Waals surface area contributed by atoms with Crippen LogP contribution in [0.3, 0.4) is 0 Å². The molecule has 28 heavy (non-hydrogen) atoms. The van der Waals surface area contributed by atoms with Gasteiger partial charge in [0.05, 0.1) is 5.69 Å². The van der Waals surface area contributed by atoms with Crippen LogP contribution in [0.25, 0.3) is 27.7 Å². The highest BCUT2D eigenvalue weighted by atomic mass is 15.3. The molecule has 5 heteroatoms. The maximum Gasteiger partial charge on any atom is 0.175 e. The second-order valence-electron chi connectivity index (χ2n) is 6.45. The van der Waals surface area contributed by atoms with Crippen molar-refractivity contribution < 1.29 is 0 Å². The van der Waals surface area contributed by atoms with Crippen molar-refractivity contribution in [3.8, 4) is 17.3 Å². The summed E-state index contributed by atoms with van der Waals surface area (Å²) < 4.78 is 1.73. The van der Waals surface area contributed by atoms with Crippen LogP contribution in [0, 0.1) is 11.3 Å². The van der Waals surface area contributed by atoms with Gasteiger partial charge >= 0.3 is 0 Å². The van der Waals surface area contributed by atoms with Gasteiger partial charge in [0.2, 0.25) is 0 Å². The SMILES string of the molecule is N#Cc1c(Nc2ccccc2)nn2c(-c3ccc4ccccc4c3)ccnc12. The predicted molar refractivity (Wildman–Crippen MR) is 110 cm³/mol. The van der Waals surface area contributed by atoms with Gasteiger partial charge in [-0.15, -0.1) is 5.10 Å². The highest BCUT2D eigenvalue weighted by Crippen LogP contribution is 2.28. The maximum absolute atomic E-state index is 9.70. The van der Waals surface area contributed by atoms with Crippen molar-refractivity contribution in [2.24, 2.45) is 0 Å².